The zero-order chi connectivity index (χ0) is 14.8. The number of ether oxygens (including phenoxy) is 1. The largest absolute Gasteiger partial charge is 0.496 e. The van der Waals surface area contributed by atoms with Crippen molar-refractivity contribution in [2.45, 2.75) is 19.6 Å². The number of fused-ring (bicyclic) bond motifs is 1. The number of carbonyl (C=O) groups is 1. The zero-order valence-electron chi connectivity index (χ0n) is 11.9. The van der Waals surface area contributed by atoms with Crippen molar-refractivity contribution in [2.75, 3.05) is 7.11 Å². The first-order chi connectivity index (χ1) is 10.2. The van der Waals surface area contributed by atoms with Crippen LogP contribution in [0.4, 0.5) is 0 Å². The van der Waals surface area contributed by atoms with E-state index in [0.717, 1.165) is 25.2 Å². The number of benzene rings is 2. The maximum absolute atomic E-state index is 11.1. The number of methoxy groups -OCH3 is 1. The van der Waals surface area contributed by atoms with Gasteiger partial charge in [-0.25, -0.2) is 4.79 Å². The van der Waals surface area contributed by atoms with Crippen LogP contribution in [0.2, 0.25) is 0 Å². The standard InChI is InChI=1S/C17H17NO3/c1-21-16-8-12(6-7-15(16)17(19)20)9-18-10-13-4-2-3-5-14(13)11-18/h2-8H,9-11H2,1H3,(H,19,20). The van der Waals surface area contributed by atoms with Gasteiger partial charge in [0.25, 0.3) is 0 Å². The molecule has 0 amide bonds. The third-order valence-electron chi connectivity index (χ3n) is 3.81. The quantitative estimate of drug-likeness (QED) is 0.937. The van der Waals surface area contributed by atoms with Gasteiger partial charge in [-0.05, 0) is 28.8 Å². The molecule has 108 valence electrons. The minimum Gasteiger partial charge on any atom is -0.496 e. The molecule has 2 aromatic rings. The number of nitrogens with zero attached hydrogens (tertiary/aromatic N) is 1. The monoisotopic (exact) mass is 283 g/mol. The molecular formula is C17H17NO3. The van der Waals surface area contributed by atoms with E-state index >= 15 is 0 Å². The molecule has 4 nitrogen and oxygen atoms in total. The first-order valence-electron chi connectivity index (χ1n) is 6.86. The van der Waals surface area contributed by atoms with Crippen LogP contribution in [0.1, 0.15) is 27.0 Å². The molecule has 0 spiro atoms. The third kappa shape index (κ3) is 2.76. The van der Waals surface area contributed by atoms with Crippen LogP contribution >= 0.6 is 0 Å². The van der Waals surface area contributed by atoms with Crippen molar-refractivity contribution >= 4 is 5.97 Å². The molecular weight excluding hydrogens is 266 g/mol. The number of rotatable bonds is 4. The summed E-state index contributed by atoms with van der Waals surface area (Å²) in [5.74, 6) is -0.552. The van der Waals surface area contributed by atoms with Crippen LogP contribution in [-0.2, 0) is 19.6 Å². The Balaban J connectivity index is 1.76. The maximum Gasteiger partial charge on any atom is 0.339 e. The van der Waals surface area contributed by atoms with Gasteiger partial charge < -0.3 is 9.84 Å². The molecule has 1 heterocycles. The van der Waals surface area contributed by atoms with E-state index in [4.69, 9.17) is 9.84 Å². The van der Waals surface area contributed by atoms with Gasteiger partial charge in [-0.15, -0.1) is 0 Å². The summed E-state index contributed by atoms with van der Waals surface area (Å²) in [4.78, 5) is 13.4. The summed E-state index contributed by atoms with van der Waals surface area (Å²) in [5.41, 5.74) is 3.99. The van der Waals surface area contributed by atoms with Crippen molar-refractivity contribution in [1.29, 1.82) is 0 Å². The smallest absolute Gasteiger partial charge is 0.339 e. The summed E-state index contributed by atoms with van der Waals surface area (Å²) >= 11 is 0. The molecule has 2 aromatic carbocycles. The van der Waals surface area contributed by atoms with Gasteiger partial charge >= 0.3 is 5.97 Å². The number of hydrogen-bond donors (Lipinski definition) is 1. The molecule has 0 aliphatic carbocycles. The molecule has 0 aromatic heterocycles. The Labute approximate surface area is 123 Å². The van der Waals surface area contributed by atoms with E-state index in [0.29, 0.717) is 5.75 Å². The molecule has 3 rings (SSSR count). The summed E-state index contributed by atoms with van der Waals surface area (Å²) in [7, 11) is 1.50. The lowest BCUT2D eigenvalue weighted by molar-refractivity contribution is 0.0693. The number of carboxylic acids is 1. The van der Waals surface area contributed by atoms with Gasteiger partial charge in [0.1, 0.15) is 11.3 Å². The van der Waals surface area contributed by atoms with Crippen LogP contribution in [0.5, 0.6) is 5.75 Å². The molecule has 21 heavy (non-hydrogen) atoms. The lowest BCUT2D eigenvalue weighted by atomic mass is 10.1. The molecule has 1 aliphatic rings. The van der Waals surface area contributed by atoms with Crippen molar-refractivity contribution in [3.63, 3.8) is 0 Å². The Morgan fingerprint density at radius 2 is 1.86 bits per heavy atom. The molecule has 0 atom stereocenters. The second-order valence-corrected chi connectivity index (χ2v) is 5.25. The molecule has 1 aliphatic heterocycles. The zero-order valence-corrected chi connectivity index (χ0v) is 11.9. The Morgan fingerprint density at radius 3 is 2.43 bits per heavy atom. The average molecular weight is 283 g/mol. The highest BCUT2D eigenvalue weighted by molar-refractivity contribution is 5.90. The Bertz CT molecular complexity index is 656. The highest BCUT2D eigenvalue weighted by Gasteiger charge is 2.19. The van der Waals surface area contributed by atoms with E-state index < -0.39 is 5.97 Å². The first kappa shape index (κ1) is 13.6. The van der Waals surface area contributed by atoms with Crippen molar-refractivity contribution in [3.8, 4) is 5.75 Å². The Morgan fingerprint density at radius 1 is 1.19 bits per heavy atom. The van der Waals surface area contributed by atoms with Crippen LogP contribution in [0.3, 0.4) is 0 Å². The van der Waals surface area contributed by atoms with E-state index in [1.54, 1.807) is 6.07 Å². The summed E-state index contributed by atoms with van der Waals surface area (Å²) in [5, 5.41) is 9.10. The first-order valence-corrected chi connectivity index (χ1v) is 6.86. The number of hydrogen-bond acceptors (Lipinski definition) is 3. The minimum atomic E-state index is -0.966. The molecule has 0 unspecified atom stereocenters. The SMILES string of the molecule is COc1cc(CN2Cc3ccccc3C2)ccc1C(=O)O. The van der Waals surface area contributed by atoms with E-state index in [1.165, 1.54) is 18.2 Å². The van der Waals surface area contributed by atoms with Crippen LogP contribution < -0.4 is 4.74 Å². The molecule has 0 bridgehead atoms. The lowest BCUT2D eigenvalue weighted by Gasteiger charge is -2.16. The van der Waals surface area contributed by atoms with Crippen LogP contribution in [0.15, 0.2) is 42.5 Å². The summed E-state index contributed by atoms with van der Waals surface area (Å²) in [6.45, 7) is 2.64. The molecule has 0 saturated carbocycles. The fraction of sp³-hybridized carbons (Fsp3) is 0.235. The van der Waals surface area contributed by atoms with Gasteiger partial charge in [-0.3, -0.25) is 4.90 Å². The van der Waals surface area contributed by atoms with Gasteiger partial charge in [-0.1, -0.05) is 30.3 Å². The van der Waals surface area contributed by atoms with Gasteiger partial charge in [0.2, 0.25) is 0 Å². The molecule has 0 radical (unpaired) electrons. The van der Waals surface area contributed by atoms with Crippen LogP contribution in [0, 0.1) is 0 Å². The molecule has 1 N–H and O–H groups in total. The second kappa shape index (κ2) is 5.58. The van der Waals surface area contributed by atoms with Crippen molar-refractivity contribution < 1.29 is 14.6 Å². The lowest BCUT2D eigenvalue weighted by Crippen LogP contribution is -2.15. The van der Waals surface area contributed by atoms with E-state index in [2.05, 4.69) is 29.2 Å². The molecule has 0 saturated heterocycles. The predicted molar refractivity (Wildman–Crippen MR) is 79.3 cm³/mol. The fourth-order valence-corrected chi connectivity index (χ4v) is 2.78. The predicted octanol–water partition coefficient (Wildman–Crippen LogP) is 2.91. The normalized spacial score (nSPS) is 14.0. The highest BCUT2D eigenvalue weighted by Crippen LogP contribution is 2.26. The van der Waals surface area contributed by atoms with Crippen molar-refractivity contribution in [1.82, 2.24) is 4.90 Å². The highest BCUT2D eigenvalue weighted by atomic mass is 16.5. The van der Waals surface area contributed by atoms with Crippen LogP contribution in [-0.4, -0.2) is 23.1 Å². The number of carboxylic acid groups (broad SMARTS) is 1. The van der Waals surface area contributed by atoms with Crippen molar-refractivity contribution in [3.05, 3.63) is 64.7 Å². The minimum absolute atomic E-state index is 0.200. The van der Waals surface area contributed by atoms with Gasteiger partial charge in [-0.2, -0.15) is 0 Å². The summed E-state index contributed by atoms with van der Waals surface area (Å²) < 4.78 is 5.17. The Kier molecular flexibility index (Phi) is 3.62. The van der Waals surface area contributed by atoms with Gasteiger partial charge in [0.05, 0.1) is 7.11 Å². The summed E-state index contributed by atoms with van der Waals surface area (Å²) in [6.07, 6.45) is 0. The molecule has 4 heteroatoms. The van der Waals surface area contributed by atoms with Crippen molar-refractivity contribution in [2.24, 2.45) is 0 Å². The fourth-order valence-electron chi connectivity index (χ4n) is 2.78. The third-order valence-corrected chi connectivity index (χ3v) is 3.81. The van der Waals surface area contributed by atoms with E-state index in [-0.39, 0.29) is 5.56 Å². The van der Waals surface area contributed by atoms with Crippen LogP contribution in [0.25, 0.3) is 0 Å². The van der Waals surface area contributed by atoms with Gasteiger partial charge in [0, 0.05) is 19.6 Å². The number of aromatic carboxylic acids is 1. The van der Waals surface area contributed by atoms with E-state index in [9.17, 15) is 4.79 Å². The maximum atomic E-state index is 11.1. The van der Waals surface area contributed by atoms with E-state index in [1.807, 2.05) is 12.1 Å². The molecule has 0 fully saturated rings. The summed E-state index contributed by atoms with van der Waals surface area (Å²) in [6, 6.07) is 13.7. The Hall–Kier alpha value is -2.33. The topological polar surface area (TPSA) is 49.8 Å². The van der Waals surface area contributed by atoms with Gasteiger partial charge in [0.15, 0.2) is 0 Å². The second-order valence-electron chi connectivity index (χ2n) is 5.25. The average Bonchev–Trinajstić information content (AvgIpc) is 2.88.